The zero-order chi connectivity index (χ0) is 18.2. The minimum Gasteiger partial charge on any atom is -0.497 e. The van der Waals surface area contributed by atoms with Gasteiger partial charge in [-0.05, 0) is 30.7 Å². The van der Waals surface area contributed by atoms with Gasteiger partial charge in [-0.15, -0.1) is 10.2 Å². The van der Waals surface area contributed by atoms with Crippen molar-refractivity contribution in [1.29, 1.82) is 0 Å². The Labute approximate surface area is 154 Å². The van der Waals surface area contributed by atoms with Crippen molar-refractivity contribution in [1.82, 2.24) is 10.2 Å². The number of amides is 2. The van der Waals surface area contributed by atoms with E-state index in [1.165, 1.54) is 23.1 Å². The largest absolute Gasteiger partial charge is 0.497 e. The third-order valence-corrected chi connectivity index (χ3v) is 5.37. The molecule has 0 radical (unpaired) electrons. The predicted octanol–water partition coefficient (Wildman–Crippen LogP) is 3.26. The van der Waals surface area contributed by atoms with Crippen LogP contribution in [0.4, 0.5) is 10.8 Å². The first-order chi connectivity index (χ1) is 12.0. The number of hydrogen-bond acceptors (Lipinski definition) is 7. The molecule has 9 heteroatoms. The van der Waals surface area contributed by atoms with Crippen LogP contribution in [0.2, 0.25) is 0 Å². The molecule has 0 unspecified atom stereocenters. The molecule has 1 aromatic heterocycles. The summed E-state index contributed by atoms with van der Waals surface area (Å²) in [6.45, 7) is 3.81. The van der Waals surface area contributed by atoms with E-state index in [9.17, 15) is 9.59 Å². The molecule has 2 aromatic rings. The zero-order valence-electron chi connectivity index (χ0n) is 14.2. The summed E-state index contributed by atoms with van der Waals surface area (Å²) in [4.78, 5) is 23.8. The third kappa shape index (κ3) is 6.02. The van der Waals surface area contributed by atoms with Gasteiger partial charge in [0.05, 0.1) is 12.9 Å². The smallest absolute Gasteiger partial charge is 0.234 e. The van der Waals surface area contributed by atoms with Gasteiger partial charge < -0.3 is 15.4 Å². The van der Waals surface area contributed by atoms with Gasteiger partial charge in [0.15, 0.2) is 4.34 Å². The molecule has 0 spiro atoms. The number of nitrogens with one attached hydrogen (secondary N) is 2. The predicted molar refractivity (Wildman–Crippen MR) is 100 cm³/mol. The van der Waals surface area contributed by atoms with Crippen molar-refractivity contribution in [2.75, 3.05) is 23.5 Å². The van der Waals surface area contributed by atoms with E-state index in [0.717, 1.165) is 12.2 Å². The van der Waals surface area contributed by atoms with Gasteiger partial charge >= 0.3 is 0 Å². The maximum Gasteiger partial charge on any atom is 0.234 e. The van der Waals surface area contributed by atoms with Crippen molar-refractivity contribution >= 4 is 45.7 Å². The molecule has 7 nitrogen and oxygen atoms in total. The topological polar surface area (TPSA) is 93.2 Å². The van der Waals surface area contributed by atoms with Crippen LogP contribution in [0.25, 0.3) is 0 Å². The summed E-state index contributed by atoms with van der Waals surface area (Å²) in [7, 11) is 1.59. The van der Waals surface area contributed by atoms with Gasteiger partial charge in [-0.3, -0.25) is 9.59 Å². The van der Waals surface area contributed by atoms with Crippen LogP contribution in [0.5, 0.6) is 5.75 Å². The summed E-state index contributed by atoms with van der Waals surface area (Å²) < 4.78 is 5.70. The van der Waals surface area contributed by atoms with Gasteiger partial charge in [0, 0.05) is 11.6 Å². The van der Waals surface area contributed by atoms with Crippen LogP contribution in [-0.4, -0.2) is 34.9 Å². The highest BCUT2D eigenvalue weighted by molar-refractivity contribution is 8.01. The molecule has 1 atom stereocenters. The first-order valence-electron chi connectivity index (χ1n) is 7.73. The number of ether oxygens (including phenoxy) is 1. The van der Waals surface area contributed by atoms with E-state index >= 15 is 0 Å². The van der Waals surface area contributed by atoms with Crippen LogP contribution in [0.15, 0.2) is 28.6 Å². The Kier molecular flexibility index (Phi) is 7.20. The van der Waals surface area contributed by atoms with Crippen LogP contribution in [0.3, 0.4) is 0 Å². The Bertz CT molecular complexity index is 718. The highest BCUT2D eigenvalue weighted by atomic mass is 32.2. The molecule has 0 aliphatic heterocycles. The minimum absolute atomic E-state index is 0.0738. The van der Waals surface area contributed by atoms with E-state index in [1.54, 1.807) is 31.4 Å². The maximum absolute atomic E-state index is 12.0. The quantitative estimate of drug-likeness (QED) is 0.539. The first-order valence-corrected chi connectivity index (χ1v) is 9.53. The summed E-state index contributed by atoms with van der Waals surface area (Å²) in [5.41, 5.74) is 0.699. The van der Waals surface area contributed by atoms with E-state index in [2.05, 4.69) is 20.8 Å². The Morgan fingerprint density at radius 2 is 1.96 bits per heavy atom. The molecule has 0 bridgehead atoms. The number of carbonyl (C=O) groups is 2. The molecule has 2 rings (SSSR count). The van der Waals surface area contributed by atoms with Crippen LogP contribution >= 0.6 is 23.1 Å². The molecule has 1 aromatic carbocycles. The monoisotopic (exact) mass is 380 g/mol. The molecule has 1 heterocycles. The van der Waals surface area contributed by atoms with Crippen molar-refractivity contribution < 1.29 is 14.3 Å². The van der Waals surface area contributed by atoms with Gasteiger partial charge in [-0.1, -0.05) is 36.9 Å². The van der Waals surface area contributed by atoms with Gasteiger partial charge in [-0.2, -0.15) is 0 Å². The summed E-state index contributed by atoms with van der Waals surface area (Å²) in [5.74, 6) is 0.645. The van der Waals surface area contributed by atoms with E-state index < -0.39 is 0 Å². The Morgan fingerprint density at radius 3 is 2.60 bits per heavy atom. The molecular weight excluding hydrogens is 360 g/mol. The number of anilines is 2. The molecule has 0 fully saturated rings. The molecule has 0 saturated heterocycles. The average Bonchev–Trinajstić information content (AvgIpc) is 3.07. The molecule has 0 aliphatic carbocycles. The zero-order valence-corrected chi connectivity index (χ0v) is 15.9. The number of rotatable bonds is 8. The van der Waals surface area contributed by atoms with E-state index in [4.69, 9.17) is 4.74 Å². The second-order valence-corrected chi connectivity index (χ2v) is 7.44. The van der Waals surface area contributed by atoms with Crippen molar-refractivity contribution in [2.24, 2.45) is 5.92 Å². The molecule has 0 saturated carbocycles. The SMILES string of the molecule is CC[C@@H](C)C(=O)Nc1nnc(SCC(=O)Nc2ccc(OC)cc2)s1. The summed E-state index contributed by atoms with van der Waals surface area (Å²) in [5, 5.41) is 13.9. The molecular formula is C16H20N4O3S2. The molecule has 0 aliphatic rings. The lowest BCUT2D eigenvalue weighted by Gasteiger charge is -2.06. The number of benzene rings is 1. The third-order valence-electron chi connectivity index (χ3n) is 3.40. The lowest BCUT2D eigenvalue weighted by Crippen LogP contribution is -2.19. The number of aromatic nitrogens is 2. The Hall–Kier alpha value is -2.13. The first kappa shape index (κ1) is 19.2. The second kappa shape index (κ2) is 9.38. The van der Waals surface area contributed by atoms with Gasteiger partial charge in [0.25, 0.3) is 0 Å². The fourth-order valence-electron chi connectivity index (χ4n) is 1.73. The van der Waals surface area contributed by atoms with Crippen LogP contribution in [-0.2, 0) is 9.59 Å². The minimum atomic E-state index is -0.143. The Morgan fingerprint density at radius 1 is 1.24 bits per heavy atom. The normalized spacial score (nSPS) is 11.6. The highest BCUT2D eigenvalue weighted by Gasteiger charge is 2.14. The second-order valence-electron chi connectivity index (χ2n) is 5.24. The maximum atomic E-state index is 12.0. The van der Waals surface area contributed by atoms with E-state index in [1.807, 2.05) is 13.8 Å². The molecule has 134 valence electrons. The summed E-state index contributed by atoms with van der Waals surface area (Å²) in [6.07, 6.45) is 0.762. The molecule has 25 heavy (non-hydrogen) atoms. The molecule has 2 amide bonds. The average molecular weight is 380 g/mol. The van der Waals surface area contributed by atoms with Crippen LogP contribution in [0, 0.1) is 5.92 Å². The van der Waals surface area contributed by atoms with Gasteiger partial charge in [0.2, 0.25) is 16.9 Å². The fourth-order valence-corrected chi connectivity index (χ4v) is 3.29. The standard InChI is InChI=1S/C16H20N4O3S2/c1-4-10(2)14(22)18-15-19-20-16(25-15)24-9-13(21)17-11-5-7-12(23-3)8-6-11/h5-8,10H,4,9H2,1-3H3,(H,17,21)(H,18,19,22)/t10-/m1/s1. The fraction of sp³-hybridized carbons (Fsp3) is 0.375. The number of nitrogens with zero attached hydrogens (tertiary/aromatic N) is 2. The van der Waals surface area contributed by atoms with Crippen LogP contribution in [0.1, 0.15) is 20.3 Å². The summed E-state index contributed by atoms with van der Waals surface area (Å²) in [6, 6.07) is 7.10. The van der Waals surface area contributed by atoms with Gasteiger partial charge in [-0.25, -0.2) is 0 Å². The van der Waals surface area contributed by atoms with E-state index in [0.29, 0.717) is 15.2 Å². The lowest BCUT2D eigenvalue weighted by molar-refractivity contribution is -0.119. The van der Waals surface area contributed by atoms with Crippen molar-refractivity contribution in [2.45, 2.75) is 24.6 Å². The van der Waals surface area contributed by atoms with Gasteiger partial charge in [0.1, 0.15) is 5.75 Å². The molecule has 2 N–H and O–H groups in total. The number of thioether (sulfide) groups is 1. The van der Waals surface area contributed by atoms with E-state index in [-0.39, 0.29) is 23.5 Å². The number of methoxy groups -OCH3 is 1. The number of hydrogen-bond donors (Lipinski definition) is 2. The number of carbonyl (C=O) groups excluding carboxylic acids is 2. The van der Waals surface area contributed by atoms with Crippen molar-refractivity contribution in [3.8, 4) is 5.75 Å². The van der Waals surface area contributed by atoms with Crippen molar-refractivity contribution in [3.05, 3.63) is 24.3 Å². The summed E-state index contributed by atoms with van der Waals surface area (Å²) >= 11 is 2.53. The highest BCUT2D eigenvalue weighted by Crippen LogP contribution is 2.26. The Balaban J connectivity index is 1.80. The van der Waals surface area contributed by atoms with Crippen molar-refractivity contribution in [3.63, 3.8) is 0 Å². The van der Waals surface area contributed by atoms with Crippen LogP contribution < -0.4 is 15.4 Å². The lowest BCUT2D eigenvalue weighted by atomic mass is 10.1.